The summed E-state index contributed by atoms with van der Waals surface area (Å²) >= 11 is 6.13. The molecule has 0 bridgehead atoms. The van der Waals surface area contributed by atoms with Crippen molar-refractivity contribution in [2.75, 3.05) is 0 Å². The van der Waals surface area contributed by atoms with Crippen molar-refractivity contribution in [3.05, 3.63) is 110 Å². The van der Waals surface area contributed by atoms with Crippen molar-refractivity contribution in [1.82, 2.24) is 0 Å². The Bertz CT molecular complexity index is 1330. The zero-order valence-corrected chi connectivity index (χ0v) is 17.1. The fourth-order valence-corrected chi connectivity index (χ4v) is 3.64. The fourth-order valence-electron chi connectivity index (χ4n) is 3.44. The molecule has 3 aromatic carbocycles. The van der Waals surface area contributed by atoms with Crippen LogP contribution in [0.5, 0.6) is 11.5 Å². The number of benzene rings is 3. The summed E-state index contributed by atoms with van der Waals surface area (Å²) in [6.07, 6.45) is 0. The smallest absolute Gasteiger partial charge is 0.343 e. The maximum atomic E-state index is 12.5. The third-order valence-corrected chi connectivity index (χ3v) is 5.11. The van der Waals surface area contributed by atoms with Crippen molar-refractivity contribution in [1.29, 1.82) is 5.26 Å². The van der Waals surface area contributed by atoms with Crippen LogP contribution in [0.15, 0.2) is 78.2 Å². The Morgan fingerprint density at radius 1 is 1.16 bits per heavy atom. The summed E-state index contributed by atoms with van der Waals surface area (Å²) in [7, 11) is 0. The Morgan fingerprint density at radius 2 is 1.94 bits per heavy atom. The third kappa shape index (κ3) is 3.97. The average molecular weight is 448 g/mol. The molecular formula is C23H14ClN3O5. The standard InChI is InChI=1S/C23H14ClN3O5/c24-15-5-1-3-13(9-15)21-18-8-7-17(11-20(18)32-22(26)19(21)12-25)31-23(28)14-4-2-6-16(10-14)27(29)30/h1-11,21H,26H2. The Balaban J connectivity index is 1.68. The van der Waals surface area contributed by atoms with Gasteiger partial charge in [-0.3, -0.25) is 10.1 Å². The molecule has 2 N–H and O–H groups in total. The van der Waals surface area contributed by atoms with Crippen LogP contribution < -0.4 is 15.2 Å². The number of nitriles is 1. The number of carbonyl (C=O) groups is 1. The van der Waals surface area contributed by atoms with E-state index in [9.17, 15) is 20.2 Å². The van der Waals surface area contributed by atoms with Crippen LogP contribution in [0.2, 0.25) is 5.02 Å². The largest absolute Gasteiger partial charge is 0.440 e. The number of rotatable bonds is 4. The lowest BCUT2D eigenvalue weighted by Crippen LogP contribution is -2.21. The SMILES string of the molecule is N#CC1=C(N)Oc2cc(OC(=O)c3cccc([N+](=O)[O-])c3)ccc2C1c1cccc(Cl)c1. The number of hydrogen-bond acceptors (Lipinski definition) is 7. The molecule has 1 heterocycles. The molecule has 0 radical (unpaired) electrons. The highest BCUT2D eigenvalue weighted by molar-refractivity contribution is 6.30. The lowest BCUT2D eigenvalue weighted by molar-refractivity contribution is -0.384. The maximum absolute atomic E-state index is 12.5. The summed E-state index contributed by atoms with van der Waals surface area (Å²) in [6, 6.07) is 19.1. The van der Waals surface area contributed by atoms with E-state index in [1.54, 1.807) is 30.3 Å². The van der Waals surface area contributed by atoms with Gasteiger partial charge in [0.1, 0.15) is 23.1 Å². The Kier molecular flexibility index (Phi) is 5.50. The molecule has 0 spiro atoms. The van der Waals surface area contributed by atoms with Gasteiger partial charge in [-0.25, -0.2) is 4.79 Å². The normalized spacial score (nSPS) is 14.7. The molecule has 0 fully saturated rings. The predicted molar refractivity (Wildman–Crippen MR) is 115 cm³/mol. The number of hydrogen-bond donors (Lipinski definition) is 1. The van der Waals surface area contributed by atoms with E-state index in [1.807, 2.05) is 6.07 Å². The first-order valence-corrected chi connectivity index (χ1v) is 9.69. The van der Waals surface area contributed by atoms with Crippen molar-refractivity contribution in [3.8, 4) is 17.6 Å². The van der Waals surface area contributed by atoms with Crippen LogP contribution in [0, 0.1) is 21.4 Å². The maximum Gasteiger partial charge on any atom is 0.343 e. The molecule has 0 saturated carbocycles. The molecule has 0 aliphatic carbocycles. The van der Waals surface area contributed by atoms with Crippen LogP contribution in [0.25, 0.3) is 0 Å². The van der Waals surface area contributed by atoms with Gasteiger partial charge in [-0.05, 0) is 29.8 Å². The molecule has 32 heavy (non-hydrogen) atoms. The molecule has 0 saturated heterocycles. The number of non-ortho nitro benzene ring substituents is 1. The van der Waals surface area contributed by atoms with Crippen molar-refractivity contribution >= 4 is 23.3 Å². The molecule has 0 aromatic heterocycles. The number of halogens is 1. The van der Waals surface area contributed by atoms with Gasteiger partial charge in [0.25, 0.3) is 5.69 Å². The van der Waals surface area contributed by atoms with Crippen LogP contribution in [-0.2, 0) is 0 Å². The minimum atomic E-state index is -0.767. The Morgan fingerprint density at radius 3 is 2.66 bits per heavy atom. The topological polar surface area (TPSA) is 128 Å². The molecule has 1 atom stereocenters. The van der Waals surface area contributed by atoms with Crippen LogP contribution in [0.4, 0.5) is 5.69 Å². The molecule has 3 aromatic rings. The van der Waals surface area contributed by atoms with Crippen molar-refractivity contribution in [3.63, 3.8) is 0 Å². The van der Waals surface area contributed by atoms with E-state index in [0.717, 1.165) is 11.6 Å². The molecule has 1 unspecified atom stereocenters. The summed E-state index contributed by atoms with van der Waals surface area (Å²) in [5, 5.41) is 21.1. The highest BCUT2D eigenvalue weighted by Crippen LogP contribution is 2.43. The van der Waals surface area contributed by atoms with Gasteiger partial charge < -0.3 is 15.2 Å². The first kappa shape index (κ1) is 20.9. The highest BCUT2D eigenvalue weighted by Gasteiger charge is 2.31. The molecule has 1 aliphatic heterocycles. The van der Waals surface area contributed by atoms with Gasteiger partial charge in [-0.2, -0.15) is 5.26 Å². The van der Waals surface area contributed by atoms with Gasteiger partial charge >= 0.3 is 5.97 Å². The van der Waals surface area contributed by atoms with Gasteiger partial charge in [0.15, 0.2) is 0 Å². The number of nitrogens with two attached hydrogens (primary N) is 1. The minimum Gasteiger partial charge on any atom is -0.440 e. The number of fused-ring (bicyclic) bond motifs is 1. The fraction of sp³-hybridized carbons (Fsp3) is 0.0435. The zero-order chi connectivity index (χ0) is 22.8. The van der Waals surface area contributed by atoms with Crippen LogP contribution in [0.3, 0.4) is 0 Å². The highest BCUT2D eigenvalue weighted by atomic mass is 35.5. The molecule has 0 amide bonds. The summed E-state index contributed by atoms with van der Waals surface area (Å²) in [4.78, 5) is 22.8. The first-order valence-electron chi connectivity index (χ1n) is 9.31. The number of nitrogens with zero attached hydrogens (tertiary/aromatic N) is 2. The first-order chi connectivity index (χ1) is 15.4. The van der Waals surface area contributed by atoms with E-state index in [4.69, 9.17) is 26.8 Å². The van der Waals surface area contributed by atoms with E-state index in [1.165, 1.54) is 24.3 Å². The van der Waals surface area contributed by atoms with E-state index in [2.05, 4.69) is 6.07 Å². The van der Waals surface area contributed by atoms with Crippen molar-refractivity contribution in [2.24, 2.45) is 5.73 Å². The molecule has 1 aliphatic rings. The molecule has 158 valence electrons. The van der Waals surface area contributed by atoms with Crippen LogP contribution in [-0.4, -0.2) is 10.9 Å². The second-order valence-electron chi connectivity index (χ2n) is 6.88. The predicted octanol–water partition coefficient (Wildman–Crippen LogP) is 4.69. The number of carbonyl (C=O) groups excluding carboxylic acids is 1. The summed E-state index contributed by atoms with van der Waals surface area (Å²) in [5.41, 5.74) is 7.43. The average Bonchev–Trinajstić information content (AvgIpc) is 2.78. The third-order valence-electron chi connectivity index (χ3n) is 4.88. The van der Waals surface area contributed by atoms with Gasteiger partial charge in [-0.1, -0.05) is 35.9 Å². The molecule has 8 nitrogen and oxygen atoms in total. The van der Waals surface area contributed by atoms with Gasteiger partial charge in [0.05, 0.1) is 16.4 Å². The number of nitro groups is 1. The van der Waals surface area contributed by atoms with Crippen LogP contribution >= 0.6 is 11.6 Å². The minimum absolute atomic E-state index is 0.0285. The second kappa shape index (κ2) is 8.41. The molecule has 9 heteroatoms. The van der Waals surface area contributed by atoms with Gasteiger partial charge in [0.2, 0.25) is 5.88 Å². The summed E-state index contributed by atoms with van der Waals surface area (Å²) < 4.78 is 11.0. The monoisotopic (exact) mass is 447 g/mol. The lowest BCUT2D eigenvalue weighted by Gasteiger charge is -2.26. The molecular weight excluding hydrogens is 434 g/mol. The quantitative estimate of drug-likeness (QED) is 0.266. The van der Waals surface area contributed by atoms with E-state index < -0.39 is 16.8 Å². The van der Waals surface area contributed by atoms with E-state index >= 15 is 0 Å². The number of allylic oxidation sites excluding steroid dienone is 1. The Hall–Kier alpha value is -4.35. The van der Waals surface area contributed by atoms with Crippen molar-refractivity contribution < 1.29 is 19.2 Å². The van der Waals surface area contributed by atoms with Gasteiger partial charge in [0, 0.05) is 28.8 Å². The number of ether oxygens (including phenoxy) is 2. The Labute approximate surface area is 187 Å². The second-order valence-corrected chi connectivity index (χ2v) is 7.31. The summed E-state index contributed by atoms with van der Waals surface area (Å²) in [5.74, 6) is -0.873. The molecule has 4 rings (SSSR count). The number of nitro benzene ring substituents is 1. The zero-order valence-electron chi connectivity index (χ0n) is 16.3. The summed E-state index contributed by atoms with van der Waals surface area (Å²) in [6.45, 7) is 0. The lowest BCUT2D eigenvalue weighted by atomic mass is 9.83. The van der Waals surface area contributed by atoms with Crippen LogP contribution in [0.1, 0.15) is 27.4 Å². The van der Waals surface area contributed by atoms with E-state index in [0.29, 0.717) is 16.3 Å². The van der Waals surface area contributed by atoms with E-state index in [-0.39, 0.29) is 28.5 Å². The number of esters is 1. The van der Waals surface area contributed by atoms with Gasteiger partial charge in [-0.15, -0.1) is 0 Å². The van der Waals surface area contributed by atoms with Crippen molar-refractivity contribution in [2.45, 2.75) is 5.92 Å².